The van der Waals surface area contributed by atoms with Crippen molar-refractivity contribution < 1.29 is 4.79 Å². The summed E-state index contributed by atoms with van der Waals surface area (Å²) in [6.07, 6.45) is 3.31. The molecule has 1 rings (SSSR count). The van der Waals surface area contributed by atoms with Gasteiger partial charge in [0.25, 0.3) is 0 Å². The van der Waals surface area contributed by atoms with Gasteiger partial charge in [-0.2, -0.15) is 0 Å². The Balaban J connectivity index is 2.23. The number of rotatable bonds is 6. The zero-order chi connectivity index (χ0) is 10.4. The molecule has 1 aromatic heterocycles. The Bertz CT molecular complexity index is 272. The van der Waals surface area contributed by atoms with Crippen LogP contribution >= 0.6 is 11.3 Å². The predicted molar refractivity (Wildman–Crippen MR) is 58.6 cm³/mol. The number of hydrogen-bond donors (Lipinski definition) is 1. The molecule has 0 aliphatic rings. The number of thiazole rings is 1. The first-order chi connectivity index (χ1) is 6.72. The van der Waals surface area contributed by atoms with Crippen molar-refractivity contribution in [1.82, 2.24) is 10.3 Å². The van der Waals surface area contributed by atoms with Crippen molar-refractivity contribution in [2.24, 2.45) is 0 Å². The largest absolute Gasteiger partial charge is 0.307 e. The Morgan fingerprint density at radius 3 is 3.07 bits per heavy atom. The molecule has 0 radical (unpaired) electrons. The van der Waals surface area contributed by atoms with Crippen LogP contribution in [0.5, 0.6) is 0 Å². The van der Waals surface area contributed by atoms with E-state index in [1.165, 1.54) is 11.3 Å². The second-order valence-electron chi connectivity index (χ2n) is 3.37. The monoisotopic (exact) mass is 212 g/mol. The number of hydrogen-bond acceptors (Lipinski definition) is 4. The lowest BCUT2D eigenvalue weighted by atomic mass is 10.2. The van der Waals surface area contributed by atoms with Crippen molar-refractivity contribution >= 4 is 17.1 Å². The standard InChI is InChI=1S/C10H16N2OS/c1-3-8(2)12-5-9(13)4-10-6-11-7-14-10/h6-8,12H,3-5H2,1-2H3. The smallest absolute Gasteiger partial charge is 0.151 e. The van der Waals surface area contributed by atoms with Gasteiger partial charge < -0.3 is 5.32 Å². The van der Waals surface area contributed by atoms with Gasteiger partial charge in [0.1, 0.15) is 0 Å². The summed E-state index contributed by atoms with van der Waals surface area (Å²) in [7, 11) is 0. The van der Waals surface area contributed by atoms with E-state index in [4.69, 9.17) is 0 Å². The third-order valence-corrected chi connectivity index (χ3v) is 2.89. The maximum absolute atomic E-state index is 11.4. The van der Waals surface area contributed by atoms with Crippen molar-refractivity contribution in [3.63, 3.8) is 0 Å². The van der Waals surface area contributed by atoms with Crippen molar-refractivity contribution in [2.75, 3.05) is 6.54 Å². The highest BCUT2D eigenvalue weighted by atomic mass is 32.1. The topological polar surface area (TPSA) is 42.0 Å². The Hall–Kier alpha value is -0.740. The molecule has 0 saturated heterocycles. The summed E-state index contributed by atoms with van der Waals surface area (Å²) in [5.74, 6) is 0.231. The zero-order valence-corrected chi connectivity index (χ0v) is 9.43. The third kappa shape index (κ3) is 3.98. The molecule has 0 spiro atoms. The van der Waals surface area contributed by atoms with Crippen molar-refractivity contribution in [2.45, 2.75) is 32.7 Å². The molecule has 3 nitrogen and oxygen atoms in total. The van der Waals surface area contributed by atoms with Gasteiger partial charge in [-0.05, 0) is 13.3 Å². The molecule has 1 unspecified atom stereocenters. The summed E-state index contributed by atoms with van der Waals surface area (Å²) >= 11 is 1.53. The fraction of sp³-hybridized carbons (Fsp3) is 0.600. The number of nitrogens with zero attached hydrogens (tertiary/aromatic N) is 1. The lowest BCUT2D eigenvalue weighted by Gasteiger charge is -2.09. The molecular formula is C10H16N2OS. The quantitative estimate of drug-likeness (QED) is 0.779. The van der Waals surface area contributed by atoms with Crippen molar-refractivity contribution in [3.05, 3.63) is 16.6 Å². The van der Waals surface area contributed by atoms with Crippen LogP contribution in [-0.2, 0) is 11.2 Å². The molecule has 1 atom stereocenters. The Morgan fingerprint density at radius 1 is 1.71 bits per heavy atom. The van der Waals surface area contributed by atoms with Crippen LogP contribution in [0.25, 0.3) is 0 Å². The Labute approximate surface area is 88.6 Å². The van der Waals surface area contributed by atoms with E-state index in [0.717, 1.165) is 11.3 Å². The lowest BCUT2D eigenvalue weighted by molar-refractivity contribution is -0.117. The molecule has 0 aromatic carbocycles. The Kier molecular flexibility index (Phi) is 4.76. The minimum absolute atomic E-state index is 0.231. The molecule has 1 aromatic rings. The number of aromatic nitrogens is 1. The van der Waals surface area contributed by atoms with Crippen molar-refractivity contribution in [1.29, 1.82) is 0 Å². The summed E-state index contributed by atoms with van der Waals surface area (Å²) < 4.78 is 0. The first kappa shape index (κ1) is 11.3. The van der Waals surface area contributed by atoms with E-state index in [2.05, 4.69) is 24.1 Å². The minimum Gasteiger partial charge on any atom is -0.307 e. The lowest BCUT2D eigenvalue weighted by Crippen LogP contribution is -2.31. The molecule has 1 heterocycles. The van der Waals surface area contributed by atoms with Crippen LogP contribution in [0.3, 0.4) is 0 Å². The fourth-order valence-corrected chi connectivity index (χ4v) is 1.64. The molecule has 0 amide bonds. The third-order valence-electron chi connectivity index (χ3n) is 2.11. The highest BCUT2D eigenvalue weighted by Crippen LogP contribution is 2.06. The second kappa shape index (κ2) is 5.88. The van der Waals surface area contributed by atoms with Gasteiger partial charge in [0.2, 0.25) is 0 Å². The average molecular weight is 212 g/mol. The first-order valence-electron chi connectivity index (χ1n) is 4.84. The average Bonchev–Trinajstić information content (AvgIpc) is 2.66. The van der Waals surface area contributed by atoms with Crippen LogP contribution in [-0.4, -0.2) is 23.4 Å². The van der Waals surface area contributed by atoms with Crippen LogP contribution in [0.1, 0.15) is 25.1 Å². The number of ketones is 1. The van der Waals surface area contributed by atoms with E-state index < -0.39 is 0 Å². The molecule has 4 heteroatoms. The zero-order valence-electron chi connectivity index (χ0n) is 8.62. The van der Waals surface area contributed by atoms with E-state index in [1.54, 1.807) is 11.7 Å². The molecule has 0 bridgehead atoms. The van der Waals surface area contributed by atoms with Gasteiger partial charge in [0.05, 0.1) is 12.1 Å². The number of carbonyl (C=O) groups excluding carboxylic acids is 1. The highest BCUT2D eigenvalue weighted by Gasteiger charge is 2.06. The molecule has 0 aliphatic heterocycles. The van der Waals surface area contributed by atoms with Crippen LogP contribution < -0.4 is 5.32 Å². The van der Waals surface area contributed by atoms with E-state index in [0.29, 0.717) is 19.0 Å². The van der Waals surface area contributed by atoms with Gasteiger partial charge in [-0.25, -0.2) is 0 Å². The second-order valence-corrected chi connectivity index (χ2v) is 4.34. The van der Waals surface area contributed by atoms with Crippen LogP contribution in [0.4, 0.5) is 0 Å². The minimum atomic E-state index is 0.231. The summed E-state index contributed by atoms with van der Waals surface area (Å²) in [5, 5.41) is 3.18. The molecule has 0 aliphatic carbocycles. The molecule has 78 valence electrons. The van der Waals surface area contributed by atoms with Crippen LogP contribution in [0, 0.1) is 0 Å². The predicted octanol–water partition coefficient (Wildman–Crippen LogP) is 1.64. The van der Waals surface area contributed by atoms with E-state index in [9.17, 15) is 4.79 Å². The summed E-state index contributed by atoms with van der Waals surface area (Å²) in [6, 6.07) is 0.417. The van der Waals surface area contributed by atoms with Crippen LogP contribution in [0.15, 0.2) is 11.7 Å². The van der Waals surface area contributed by atoms with Gasteiger partial charge in [-0.15, -0.1) is 11.3 Å². The van der Waals surface area contributed by atoms with E-state index in [-0.39, 0.29) is 5.78 Å². The first-order valence-corrected chi connectivity index (χ1v) is 5.72. The molecule has 0 saturated carbocycles. The summed E-state index contributed by atoms with van der Waals surface area (Å²) in [4.78, 5) is 16.4. The molecule has 1 N–H and O–H groups in total. The van der Waals surface area contributed by atoms with E-state index >= 15 is 0 Å². The summed E-state index contributed by atoms with van der Waals surface area (Å²) in [5.41, 5.74) is 1.75. The normalized spacial score (nSPS) is 12.7. The van der Waals surface area contributed by atoms with Crippen molar-refractivity contribution in [3.8, 4) is 0 Å². The van der Waals surface area contributed by atoms with Gasteiger partial charge in [-0.1, -0.05) is 6.92 Å². The molecule has 14 heavy (non-hydrogen) atoms. The van der Waals surface area contributed by atoms with Gasteiger partial charge >= 0.3 is 0 Å². The Morgan fingerprint density at radius 2 is 2.50 bits per heavy atom. The number of nitrogens with one attached hydrogen (secondary N) is 1. The highest BCUT2D eigenvalue weighted by molar-refractivity contribution is 7.09. The SMILES string of the molecule is CCC(C)NCC(=O)Cc1cncs1. The number of Topliss-reactive ketones (excluding diaryl/α,β-unsaturated/α-hetero) is 1. The number of carbonyl (C=O) groups is 1. The molecule has 0 fully saturated rings. The van der Waals surface area contributed by atoms with Gasteiger partial charge in [0.15, 0.2) is 5.78 Å². The van der Waals surface area contributed by atoms with Gasteiger partial charge in [0, 0.05) is 23.5 Å². The van der Waals surface area contributed by atoms with E-state index in [1.807, 2.05) is 0 Å². The fourth-order valence-electron chi connectivity index (χ4n) is 1.02. The summed E-state index contributed by atoms with van der Waals surface area (Å²) in [6.45, 7) is 4.65. The van der Waals surface area contributed by atoms with Crippen LogP contribution in [0.2, 0.25) is 0 Å². The maximum atomic E-state index is 11.4. The van der Waals surface area contributed by atoms with Gasteiger partial charge in [-0.3, -0.25) is 9.78 Å². The molecular weight excluding hydrogens is 196 g/mol. The maximum Gasteiger partial charge on any atom is 0.151 e.